The molecular weight excluding hydrogens is 363 g/mol. The largest absolute Gasteiger partial charge is 0.505 e. The highest BCUT2D eigenvalue weighted by Gasteiger charge is 2.52. The lowest BCUT2D eigenvalue weighted by atomic mass is 9.88. The minimum Gasteiger partial charge on any atom is -0.399 e. The van der Waals surface area contributed by atoms with Gasteiger partial charge in [-0.15, -0.1) is 11.3 Å². The van der Waals surface area contributed by atoms with Crippen molar-refractivity contribution in [3.05, 3.63) is 17.0 Å². The summed E-state index contributed by atoms with van der Waals surface area (Å²) in [4.78, 5) is 1.47. The number of aryl methyl sites for hydroxylation is 1. The second-order valence-corrected chi connectivity index (χ2v) is 10.7. The minimum atomic E-state index is -0.253. The quantitative estimate of drug-likeness (QED) is 0.238. The van der Waals surface area contributed by atoms with E-state index in [2.05, 4.69) is 46.8 Å². The van der Waals surface area contributed by atoms with Gasteiger partial charge in [0.15, 0.2) is 0 Å². The third-order valence-corrected chi connectivity index (χ3v) is 7.61. The van der Waals surface area contributed by atoms with Crippen LogP contribution >= 0.6 is 11.3 Å². The van der Waals surface area contributed by atoms with Gasteiger partial charge in [0.25, 0.3) is 0 Å². The summed E-state index contributed by atoms with van der Waals surface area (Å²) in [5.41, 5.74) is -0.505. The summed E-state index contributed by atoms with van der Waals surface area (Å²) in [6, 6.07) is 4.46. The zero-order valence-corrected chi connectivity index (χ0v) is 20.0. The topological polar surface area (TPSA) is 18.5 Å². The van der Waals surface area contributed by atoms with Gasteiger partial charge in [-0.3, -0.25) is 0 Å². The first kappa shape index (κ1) is 24.0. The SMILES string of the molecule is CCCCCCCCCCCCCCc1ccc(B2OC(C)(C)C(C)(C)O2)s1. The van der Waals surface area contributed by atoms with Crippen LogP contribution in [0.15, 0.2) is 12.1 Å². The maximum absolute atomic E-state index is 6.17. The summed E-state index contributed by atoms with van der Waals surface area (Å²) in [5.74, 6) is 0. The van der Waals surface area contributed by atoms with Crippen LogP contribution in [0.3, 0.4) is 0 Å². The molecule has 1 aromatic rings. The maximum atomic E-state index is 6.17. The van der Waals surface area contributed by atoms with Crippen molar-refractivity contribution >= 4 is 23.2 Å². The van der Waals surface area contributed by atoms with E-state index >= 15 is 0 Å². The Balaban J connectivity index is 1.52. The summed E-state index contributed by atoms with van der Waals surface area (Å²) >= 11 is 1.86. The average molecular weight is 406 g/mol. The Hall–Kier alpha value is -0.315. The Morgan fingerprint density at radius 2 is 1.18 bits per heavy atom. The Morgan fingerprint density at radius 3 is 1.68 bits per heavy atom. The molecule has 160 valence electrons. The molecule has 0 radical (unpaired) electrons. The first-order valence-corrected chi connectivity index (χ1v) is 12.6. The zero-order valence-electron chi connectivity index (χ0n) is 19.1. The van der Waals surface area contributed by atoms with Crippen LogP contribution in [0.4, 0.5) is 0 Å². The number of rotatable bonds is 14. The van der Waals surface area contributed by atoms with Crippen molar-refractivity contribution in [1.82, 2.24) is 0 Å². The highest BCUT2D eigenvalue weighted by Crippen LogP contribution is 2.37. The van der Waals surface area contributed by atoms with E-state index in [1.807, 2.05) is 11.3 Å². The molecule has 2 nitrogen and oxygen atoms in total. The normalized spacial score (nSPS) is 18.1. The maximum Gasteiger partial charge on any atom is 0.505 e. The molecular formula is C24H43BO2S. The van der Waals surface area contributed by atoms with Crippen molar-refractivity contribution in [3.63, 3.8) is 0 Å². The van der Waals surface area contributed by atoms with Gasteiger partial charge in [-0.25, -0.2) is 0 Å². The minimum absolute atomic E-state index is 0.203. The average Bonchev–Trinajstić information content (AvgIpc) is 3.18. The lowest BCUT2D eigenvalue weighted by molar-refractivity contribution is 0.00578. The van der Waals surface area contributed by atoms with E-state index < -0.39 is 0 Å². The van der Waals surface area contributed by atoms with Crippen LogP contribution in [0.25, 0.3) is 0 Å². The summed E-state index contributed by atoms with van der Waals surface area (Å²) in [7, 11) is -0.203. The number of hydrogen-bond acceptors (Lipinski definition) is 3. The molecule has 0 unspecified atom stereocenters. The Labute approximate surface area is 178 Å². The second kappa shape index (κ2) is 11.8. The number of hydrogen-bond donors (Lipinski definition) is 0. The van der Waals surface area contributed by atoms with Gasteiger partial charge in [-0.1, -0.05) is 83.6 Å². The molecule has 1 saturated heterocycles. The molecule has 2 heterocycles. The van der Waals surface area contributed by atoms with Crippen LogP contribution < -0.4 is 4.78 Å². The first-order valence-electron chi connectivity index (χ1n) is 11.8. The molecule has 0 spiro atoms. The predicted molar refractivity (Wildman–Crippen MR) is 125 cm³/mol. The van der Waals surface area contributed by atoms with Gasteiger partial charge in [0.2, 0.25) is 0 Å². The van der Waals surface area contributed by atoms with Crippen molar-refractivity contribution in [2.45, 2.75) is 129 Å². The van der Waals surface area contributed by atoms with Gasteiger partial charge in [-0.2, -0.15) is 0 Å². The number of thiophene rings is 1. The molecule has 0 N–H and O–H groups in total. The molecule has 0 bridgehead atoms. The van der Waals surface area contributed by atoms with Gasteiger partial charge < -0.3 is 9.31 Å². The molecule has 0 atom stereocenters. The summed E-state index contributed by atoms with van der Waals surface area (Å²) in [5, 5.41) is 0. The molecule has 0 aromatic carbocycles. The molecule has 0 saturated carbocycles. The van der Waals surface area contributed by atoms with Crippen LogP contribution in [0.1, 0.15) is 117 Å². The molecule has 0 aliphatic carbocycles. The smallest absolute Gasteiger partial charge is 0.399 e. The molecule has 1 aliphatic heterocycles. The van der Waals surface area contributed by atoms with Gasteiger partial charge in [-0.05, 0) is 46.6 Å². The van der Waals surface area contributed by atoms with E-state index in [1.54, 1.807) is 0 Å². The predicted octanol–water partition coefficient (Wildman–Crippen LogP) is 7.29. The summed E-state index contributed by atoms with van der Waals surface area (Å²) in [6.45, 7) is 10.8. The van der Waals surface area contributed by atoms with E-state index in [-0.39, 0.29) is 18.3 Å². The Morgan fingerprint density at radius 1 is 0.714 bits per heavy atom. The van der Waals surface area contributed by atoms with Crippen LogP contribution in [0, 0.1) is 0 Å². The fourth-order valence-corrected chi connectivity index (χ4v) is 4.77. The summed E-state index contributed by atoms with van der Waals surface area (Å²) < 4.78 is 13.6. The fourth-order valence-electron chi connectivity index (χ4n) is 3.75. The highest BCUT2D eigenvalue weighted by atomic mass is 32.1. The molecule has 0 amide bonds. The fraction of sp³-hybridized carbons (Fsp3) is 0.833. The van der Waals surface area contributed by atoms with E-state index in [1.165, 1.54) is 93.1 Å². The molecule has 4 heteroatoms. The van der Waals surface area contributed by atoms with Crippen molar-refractivity contribution in [1.29, 1.82) is 0 Å². The standard InChI is InChI=1S/C24H43BO2S/c1-6-7-8-9-10-11-12-13-14-15-16-17-18-21-19-20-22(28-21)25-26-23(2,3)24(4,5)27-25/h19-20H,6-18H2,1-5H3. The van der Waals surface area contributed by atoms with Gasteiger partial charge in [0.05, 0.1) is 11.2 Å². The third kappa shape index (κ3) is 7.50. The Bertz CT molecular complexity index is 537. The van der Waals surface area contributed by atoms with Crippen LogP contribution in [0.2, 0.25) is 0 Å². The van der Waals surface area contributed by atoms with Crippen LogP contribution in [0.5, 0.6) is 0 Å². The molecule has 1 aliphatic rings. The van der Waals surface area contributed by atoms with Gasteiger partial charge in [0, 0.05) is 9.65 Å². The third-order valence-electron chi connectivity index (χ3n) is 6.44. The second-order valence-electron chi connectivity index (χ2n) is 9.53. The van der Waals surface area contributed by atoms with Gasteiger partial charge in [0.1, 0.15) is 0 Å². The summed E-state index contributed by atoms with van der Waals surface area (Å²) in [6.07, 6.45) is 18.1. The molecule has 28 heavy (non-hydrogen) atoms. The monoisotopic (exact) mass is 406 g/mol. The Kier molecular flexibility index (Phi) is 10.1. The molecule has 1 fully saturated rings. The highest BCUT2D eigenvalue weighted by molar-refractivity contribution is 7.22. The van der Waals surface area contributed by atoms with Crippen molar-refractivity contribution in [3.8, 4) is 0 Å². The zero-order chi connectivity index (χ0) is 20.5. The van der Waals surface area contributed by atoms with Crippen LogP contribution in [-0.4, -0.2) is 18.3 Å². The van der Waals surface area contributed by atoms with Gasteiger partial charge >= 0.3 is 7.12 Å². The van der Waals surface area contributed by atoms with E-state index in [4.69, 9.17) is 9.31 Å². The lowest BCUT2D eigenvalue weighted by Gasteiger charge is -2.32. The van der Waals surface area contributed by atoms with E-state index in [0.29, 0.717) is 0 Å². The van der Waals surface area contributed by atoms with Crippen LogP contribution in [-0.2, 0) is 15.7 Å². The van der Waals surface area contributed by atoms with E-state index in [9.17, 15) is 0 Å². The van der Waals surface area contributed by atoms with Crippen molar-refractivity contribution in [2.24, 2.45) is 0 Å². The number of unbranched alkanes of at least 4 members (excludes halogenated alkanes) is 11. The van der Waals surface area contributed by atoms with E-state index in [0.717, 1.165) is 0 Å². The lowest BCUT2D eigenvalue weighted by Crippen LogP contribution is -2.41. The first-order chi connectivity index (χ1) is 13.4. The van der Waals surface area contributed by atoms with Crippen molar-refractivity contribution in [2.75, 3.05) is 0 Å². The molecule has 1 aromatic heterocycles. The molecule has 2 rings (SSSR count). The van der Waals surface area contributed by atoms with Crippen molar-refractivity contribution < 1.29 is 9.31 Å².